The first kappa shape index (κ1) is 13.5. The zero-order chi connectivity index (χ0) is 15.8. The molecule has 23 heavy (non-hydrogen) atoms. The largest absolute Gasteiger partial charge is 0.478 e. The molecule has 4 aromatic carbocycles. The SMILES string of the molecule is O=C(O)c1cccc2cccc(-c3cccc4ccccc34)c12. The fourth-order valence-electron chi connectivity index (χ4n) is 3.20. The van der Waals surface area contributed by atoms with Crippen molar-refractivity contribution in [2.75, 3.05) is 0 Å². The van der Waals surface area contributed by atoms with Gasteiger partial charge in [-0.05, 0) is 33.4 Å². The summed E-state index contributed by atoms with van der Waals surface area (Å²) >= 11 is 0. The number of carboxylic acid groups (broad SMARTS) is 1. The van der Waals surface area contributed by atoms with Gasteiger partial charge < -0.3 is 5.11 Å². The Bertz CT molecular complexity index is 1040. The molecule has 0 unspecified atom stereocenters. The highest BCUT2D eigenvalue weighted by Crippen LogP contribution is 2.35. The van der Waals surface area contributed by atoms with Crippen LogP contribution in [-0.2, 0) is 0 Å². The van der Waals surface area contributed by atoms with Gasteiger partial charge in [-0.25, -0.2) is 4.79 Å². The van der Waals surface area contributed by atoms with Crippen LogP contribution in [-0.4, -0.2) is 11.1 Å². The van der Waals surface area contributed by atoms with Gasteiger partial charge in [0.05, 0.1) is 5.56 Å². The van der Waals surface area contributed by atoms with Gasteiger partial charge in [-0.2, -0.15) is 0 Å². The van der Waals surface area contributed by atoms with Gasteiger partial charge in [0.2, 0.25) is 0 Å². The van der Waals surface area contributed by atoms with Crippen LogP contribution >= 0.6 is 0 Å². The summed E-state index contributed by atoms with van der Waals surface area (Å²) in [4.78, 5) is 11.7. The second-order valence-electron chi connectivity index (χ2n) is 5.54. The molecule has 0 spiro atoms. The van der Waals surface area contributed by atoms with Gasteiger partial charge in [0.1, 0.15) is 0 Å². The first-order valence-corrected chi connectivity index (χ1v) is 7.49. The molecule has 4 aromatic rings. The Morgan fingerprint density at radius 1 is 0.652 bits per heavy atom. The van der Waals surface area contributed by atoms with Crippen LogP contribution in [0.25, 0.3) is 32.7 Å². The predicted octanol–water partition coefficient (Wildman–Crippen LogP) is 5.36. The summed E-state index contributed by atoms with van der Waals surface area (Å²) in [6, 6.07) is 25.6. The van der Waals surface area contributed by atoms with Crippen LogP contribution in [0.1, 0.15) is 10.4 Å². The molecule has 0 radical (unpaired) electrons. The predicted molar refractivity (Wildman–Crippen MR) is 93.8 cm³/mol. The molecule has 0 saturated heterocycles. The second kappa shape index (κ2) is 5.25. The first-order valence-electron chi connectivity index (χ1n) is 7.49. The highest BCUT2D eigenvalue weighted by atomic mass is 16.4. The lowest BCUT2D eigenvalue weighted by Gasteiger charge is -2.12. The molecule has 0 atom stereocenters. The molecule has 110 valence electrons. The minimum atomic E-state index is -0.900. The van der Waals surface area contributed by atoms with E-state index in [0.717, 1.165) is 32.7 Å². The zero-order valence-electron chi connectivity index (χ0n) is 12.4. The van der Waals surface area contributed by atoms with E-state index in [9.17, 15) is 9.90 Å². The van der Waals surface area contributed by atoms with Crippen LogP contribution in [0.15, 0.2) is 78.9 Å². The van der Waals surface area contributed by atoms with E-state index in [2.05, 4.69) is 24.3 Å². The Hall–Kier alpha value is -3.13. The number of rotatable bonds is 2. The Morgan fingerprint density at radius 2 is 1.26 bits per heavy atom. The number of benzene rings is 4. The molecule has 2 heteroatoms. The molecule has 0 amide bonds. The number of hydrogen-bond donors (Lipinski definition) is 1. The van der Waals surface area contributed by atoms with Crippen LogP contribution < -0.4 is 0 Å². The molecule has 0 saturated carbocycles. The topological polar surface area (TPSA) is 37.3 Å². The average Bonchev–Trinajstić information content (AvgIpc) is 2.60. The van der Waals surface area contributed by atoms with E-state index in [1.165, 1.54) is 0 Å². The van der Waals surface area contributed by atoms with Gasteiger partial charge in [-0.1, -0.05) is 72.8 Å². The smallest absolute Gasteiger partial charge is 0.336 e. The van der Waals surface area contributed by atoms with Gasteiger partial charge in [0.15, 0.2) is 0 Å². The van der Waals surface area contributed by atoms with Crippen molar-refractivity contribution in [3.05, 3.63) is 84.4 Å². The van der Waals surface area contributed by atoms with Gasteiger partial charge >= 0.3 is 5.97 Å². The van der Waals surface area contributed by atoms with Crippen LogP contribution in [0.4, 0.5) is 0 Å². The Balaban J connectivity index is 2.15. The summed E-state index contributed by atoms with van der Waals surface area (Å²) in [7, 11) is 0. The van der Waals surface area contributed by atoms with Crippen molar-refractivity contribution in [3.8, 4) is 11.1 Å². The lowest BCUT2D eigenvalue weighted by atomic mass is 9.91. The molecule has 2 nitrogen and oxygen atoms in total. The highest BCUT2D eigenvalue weighted by Gasteiger charge is 2.14. The third-order valence-electron chi connectivity index (χ3n) is 4.21. The zero-order valence-corrected chi connectivity index (χ0v) is 12.4. The summed E-state index contributed by atoms with van der Waals surface area (Å²) < 4.78 is 0. The van der Waals surface area contributed by atoms with Crippen molar-refractivity contribution in [1.82, 2.24) is 0 Å². The molecular formula is C21H14O2. The molecule has 0 aromatic heterocycles. The monoisotopic (exact) mass is 298 g/mol. The molecule has 0 heterocycles. The van der Waals surface area contributed by atoms with Gasteiger partial charge in [-0.3, -0.25) is 0 Å². The van der Waals surface area contributed by atoms with Crippen molar-refractivity contribution in [1.29, 1.82) is 0 Å². The maximum absolute atomic E-state index is 11.7. The van der Waals surface area contributed by atoms with E-state index < -0.39 is 5.97 Å². The molecule has 0 bridgehead atoms. The van der Waals surface area contributed by atoms with Crippen LogP contribution in [0.2, 0.25) is 0 Å². The quantitative estimate of drug-likeness (QED) is 0.541. The maximum Gasteiger partial charge on any atom is 0.336 e. The molecule has 0 aliphatic rings. The Kier molecular flexibility index (Phi) is 3.09. The first-order chi connectivity index (χ1) is 11.3. The van der Waals surface area contributed by atoms with E-state index in [0.29, 0.717) is 5.56 Å². The summed E-state index contributed by atoms with van der Waals surface area (Å²) in [5.74, 6) is -0.900. The fourth-order valence-corrected chi connectivity index (χ4v) is 3.20. The molecule has 1 N–H and O–H groups in total. The molecule has 0 fully saturated rings. The molecule has 4 rings (SSSR count). The van der Waals surface area contributed by atoms with Crippen LogP contribution in [0.5, 0.6) is 0 Å². The van der Waals surface area contributed by atoms with Crippen molar-refractivity contribution < 1.29 is 9.90 Å². The third-order valence-corrected chi connectivity index (χ3v) is 4.21. The summed E-state index contributed by atoms with van der Waals surface area (Å²) in [6.07, 6.45) is 0. The van der Waals surface area contributed by atoms with E-state index in [-0.39, 0.29) is 0 Å². The summed E-state index contributed by atoms with van der Waals surface area (Å²) in [6.45, 7) is 0. The number of hydrogen-bond acceptors (Lipinski definition) is 1. The van der Waals surface area contributed by atoms with Gasteiger partial charge in [0.25, 0.3) is 0 Å². The number of carboxylic acids is 1. The van der Waals surface area contributed by atoms with Crippen molar-refractivity contribution in [3.63, 3.8) is 0 Å². The molecular weight excluding hydrogens is 284 g/mol. The second-order valence-corrected chi connectivity index (χ2v) is 5.54. The van der Waals surface area contributed by atoms with Gasteiger partial charge in [-0.15, -0.1) is 0 Å². The maximum atomic E-state index is 11.7. The minimum absolute atomic E-state index is 0.339. The highest BCUT2D eigenvalue weighted by molar-refractivity contribution is 6.13. The molecule has 0 aliphatic heterocycles. The summed E-state index contributed by atoms with van der Waals surface area (Å²) in [5.41, 5.74) is 2.35. The van der Waals surface area contributed by atoms with Crippen molar-refractivity contribution in [2.24, 2.45) is 0 Å². The average molecular weight is 298 g/mol. The lowest BCUT2D eigenvalue weighted by Crippen LogP contribution is -1.98. The van der Waals surface area contributed by atoms with E-state index in [1.54, 1.807) is 12.1 Å². The number of fused-ring (bicyclic) bond motifs is 2. The van der Waals surface area contributed by atoms with Crippen LogP contribution in [0.3, 0.4) is 0 Å². The lowest BCUT2D eigenvalue weighted by molar-refractivity contribution is 0.0699. The minimum Gasteiger partial charge on any atom is -0.478 e. The Morgan fingerprint density at radius 3 is 2.04 bits per heavy atom. The van der Waals surface area contributed by atoms with Gasteiger partial charge in [0, 0.05) is 5.39 Å². The van der Waals surface area contributed by atoms with Crippen molar-refractivity contribution in [2.45, 2.75) is 0 Å². The number of carbonyl (C=O) groups is 1. The number of aromatic carboxylic acids is 1. The van der Waals surface area contributed by atoms with Crippen LogP contribution in [0, 0.1) is 0 Å². The standard InChI is InChI=1S/C21H14O2/c22-21(23)19-13-5-9-15-8-4-12-18(20(15)19)17-11-3-7-14-6-1-2-10-16(14)17/h1-13H,(H,22,23). The third kappa shape index (κ3) is 2.16. The Labute approximate surface area is 133 Å². The van der Waals surface area contributed by atoms with Crippen molar-refractivity contribution >= 4 is 27.5 Å². The summed E-state index contributed by atoms with van der Waals surface area (Å²) in [5, 5.41) is 13.6. The normalized spacial score (nSPS) is 11.0. The van der Waals surface area contributed by atoms with E-state index in [1.807, 2.05) is 42.5 Å². The van der Waals surface area contributed by atoms with E-state index in [4.69, 9.17) is 0 Å². The van der Waals surface area contributed by atoms with E-state index >= 15 is 0 Å². The molecule has 0 aliphatic carbocycles. The fraction of sp³-hybridized carbons (Fsp3) is 0.